The molecule has 1 amide bonds. The van der Waals surface area contributed by atoms with Crippen LogP contribution in [0.2, 0.25) is 0 Å². The van der Waals surface area contributed by atoms with Crippen LogP contribution >= 0.6 is 0 Å². The number of rotatable bonds is 9. The van der Waals surface area contributed by atoms with E-state index in [1.54, 1.807) is 11.6 Å². The van der Waals surface area contributed by atoms with Gasteiger partial charge in [-0.05, 0) is 60.5 Å². The number of carbonyl (C=O) groups excluding carboxylic acids is 1. The number of anilines is 1. The van der Waals surface area contributed by atoms with Crippen molar-refractivity contribution < 1.29 is 13.9 Å². The standard InChI is InChI=1S/C23H23FN6O2/c1-32-19-8-2-16(3-9-19)12-14-25-20-10-11-21-27-28-22(30(21)29-20)13-15-26-23(31)17-4-6-18(24)7-5-17/h2-11H,12-15H2,1H3,(H,25,29)(H,26,31). The normalized spacial score (nSPS) is 10.8. The van der Waals surface area contributed by atoms with Gasteiger partial charge in [0.25, 0.3) is 5.91 Å². The number of hydrogen-bond donors (Lipinski definition) is 2. The minimum absolute atomic E-state index is 0.271. The van der Waals surface area contributed by atoms with Crippen molar-refractivity contribution in [1.82, 2.24) is 25.1 Å². The second-order valence-electron chi connectivity index (χ2n) is 7.14. The second kappa shape index (κ2) is 9.86. The Bertz CT molecular complexity index is 1190. The number of benzene rings is 2. The van der Waals surface area contributed by atoms with Crippen molar-refractivity contribution >= 4 is 17.4 Å². The number of amides is 1. The summed E-state index contributed by atoms with van der Waals surface area (Å²) in [4.78, 5) is 12.2. The zero-order chi connectivity index (χ0) is 22.3. The number of carbonyl (C=O) groups is 1. The van der Waals surface area contributed by atoms with E-state index in [4.69, 9.17) is 4.74 Å². The first-order chi connectivity index (χ1) is 15.6. The number of fused-ring (bicyclic) bond motifs is 1. The Labute approximate surface area is 184 Å². The number of nitrogens with zero attached hydrogens (tertiary/aromatic N) is 4. The molecule has 0 aliphatic carbocycles. The Hall–Kier alpha value is -4.01. The van der Waals surface area contributed by atoms with Gasteiger partial charge in [0, 0.05) is 25.1 Å². The van der Waals surface area contributed by atoms with Crippen molar-refractivity contribution in [1.29, 1.82) is 0 Å². The summed E-state index contributed by atoms with van der Waals surface area (Å²) >= 11 is 0. The summed E-state index contributed by atoms with van der Waals surface area (Å²) in [5, 5.41) is 19.0. The fraction of sp³-hybridized carbons (Fsp3) is 0.217. The van der Waals surface area contributed by atoms with E-state index in [1.165, 1.54) is 29.8 Å². The molecule has 0 spiro atoms. The largest absolute Gasteiger partial charge is 0.497 e. The SMILES string of the molecule is COc1ccc(CCNc2ccc3nnc(CCNC(=O)c4ccc(F)cc4)n3n2)cc1. The van der Waals surface area contributed by atoms with E-state index in [9.17, 15) is 9.18 Å². The Balaban J connectivity index is 1.32. The third kappa shape index (κ3) is 5.18. The van der Waals surface area contributed by atoms with Crippen molar-refractivity contribution in [3.05, 3.63) is 83.4 Å². The molecule has 0 aliphatic heterocycles. The lowest BCUT2D eigenvalue weighted by molar-refractivity contribution is 0.0954. The second-order valence-corrected chi connectivity index (χ2v) is 7.14. The molecule has 4 aromatic rings. The molecular weight excluding hydrogens is 411 g/mol. The first-order valence-electron chi connectivity index (χ1n) is 10.2. The highest BCUT2D eigenvalue weighted by Crippen LogP contribution is 2.12. The summed E-state index contributed by atoms with van der Waals surface area (Å²) in [5.41, 5.74) is 2.23. The summed E-state index contributed by atoms with van der Waals surface area (Å²) in [5.74, 6) is 1.53. The van der Waals surface area contributed by atoms with E-state index in [0.717, 1.165) is 18.7 Å². The van der Waals surface area contributed by atoms with Crippen LogP contribution in [0.15, 0.2) is 60.7 Å². The zero-order valence-corrected chi connectivity index (χ0v) is 17.6. The minimum atomic E-state index is -0.379. The molecular formula is C23H23FN6O2. The molecule has 2 aromatic carbocycles. The van der Waals surface area contributed by atoms with Crippen LogP contribution in [0.4, 0.5) is 10.2 Å². The van der Waals surface area contributed by atoms with Gasteiger partial charge in [0.15, 0.2) is 11.5 Å². The molecule has 0 unspecified atom stereocenters. The van der Waals surface area contributed by atoms with Gasteiger partial charge in [-0.3, -0.25) is 4.79 Å². The predicted molar refractivity (Wildman–Crippen MR) is 118 cm³/mol. The van der Waals surface area contributed by atoms with E-state index in [0.29, 0.717) is 35.8 Å². The molecule has 4 rings (SSSR count). The van der Waals surface area contributed by atoms with Gasteiger partial charge in [0.1, 0.15) is 17.4 Å². The quantitative estimate of drug-likeness (QED) is 0.421. The monoisotopic (exact) mass is 434 g/mol. The average Bonchev–Trinajstić information content (AvgIpc) is 3.22. The van der Waals surface area contributed by atoms with Gasteiger partial charge in [-0.2, -0.15) is 4.52 Å². The smallest absolute Gasteiger partial charge is 0.251 e. The predicted octanol–water partition coefficient (Wildman–Crippen LogP) is 2.90. The summed E-state index contributed by atoms with van der Waals surface area (Å²) in [6, 6.07) is 17.1. The van der Waals surface area contributed by atoms with E-state index in [-0.39, 0.29) is 11.7 Å². The molecule has 0 atom stereocenters. The maximum absolute atomic E-state index is 13.0. The summed E-state index contributed by atoms with van der Waals surface area (Å²) < 4.78 is 19.8. The summed E-state index contributed by atoms with van der Waals surface area (Å²) in [6.07, 6.45) is 1.30. The Morgan fingerprint density at radius 3 is 2.50 bits per heavy atom. The van der Waals surface area contributed by atoms with Crippen molar-refractivity contribution in [3.8, 4) is 5.75 Å². The molecule has 0 bridgehead atoms. The first kappa shape index (κ1) is 21.2. The number of nitrogens with one attached hydrogen (secondary N) is 2. The molecule has 2 heterocycles. The molecule has 0 radical (unpaired) electrons. The van der Waals surface area contributed by atoms with E-state index in [1.807, 2.05) is 36.4 Å². The van der Waals surface area contributed by atoms with Gasteiger partial charge in [0.05, 0.1) is 7.11 Å². The maximum Gasteiger partial charge on any atom is 0.251 e. The van der Waals surface area contributed by atoms with E-state index in [2.05, 4.69) is 25.9 Å². The Kier molecular flexibility index (Phi) is 6.54. The molecule has 0 saturated heterocycles. The van der Waals surface area contributed by atoms with Gasteiger partial charge in [-0.15, -0.1) is 15.3 Å². The van der Waals surface area contributed by atoms with Crippen molar-refractivity contribution in [3.63, 3.8) is 0 Å². The highest BCUT2D eigenvalue weighted by Gasteiger charge is 2.10. The lowest BCUT2D eigenvalue weighted by Crippen LogP contribution is -2.26. The lowest BCUT2D eigenvalue weighted by Gasteiger charge is -2.08. The molecule has 0 fully saturated rings. The third-order valence-corrected chi connectivity index (χ3v) is 4.95. The van der Waals surface area contributed by atoms with Crippen molar-refractivity contribution in [2.45, 2.75) is 12.8 Å². The number of ether oxygens (including phenoxy) is 1. The third-order valence-electron chi connectivity index (χ3n) is 4.95. The highest BCUT2D eigenvalue weighted by atomic mass is 19.1. The maximum atomic E-state index is 13.0. The lowest BCUT2D eigenvalue weighted by atomic mass is 10.1. The minimum Gasteiger partial charge on any atom is -0.497 e. The number of methoxy groups -OCH3 is 1. The van der Waals surface area contributed by atoms with Gasteiger partial charge in [-0.25, -0.2) is 4.39 Å². The van der Waals surface area contributed by atoms with Crippen LogP contribution in [0, 0.1) is 5.82 Å². The fourth-order valence-corrected chi connectivity index (χ4v) is 3.20. The van der Waals surface area contributed by atoms with Crippen LogP contribution in [0.5, 0.6) is 5.75 Å². The number of hydrogen-bond acceptors (Lipinski definition) is 6. The molecule has 2 aromatic heterocycles. The van der Waals surface area contributed by atoms with E-state index < -0.39 is 0 Å². The zero-order valence-electron chi connectivity index (χ0n) is 17.6. The van der Waals surface area contributed by atoms with Gasteiger partial charge in [0.2, 0.25) is 0 Å². The molecule has 164 valence electrons. The van der Waals surface area contributed by atoms with Crippen molar-refractivity contribution in [2.24, 2.45) is 0 Å². The Morgan fingerprint density at radius 2 is 1.75 bits per heavy atom. The number of halogens is 1. The van der Waals surface area contributed by atoms with E-state index >= 15 is 0 Å². The van der Waals surface area contributed by atoms with Crippen LogP contribution in [-0.2, 0) is 12.8 Å². The highest BCUT2D eigenvalue weighted by molar-refractivity contribution is 5.94. The number of aromatic nitrogens is 4. The first-order valence-corrected chi connectivity index (χ1v) is 10.2. The summed E-state index contributed by atoms with van der Waals surface area (Å²) in [7, 11) is 1.65. The van der Waals surface area contributed by atoms with Crippen LogP contribution in [0.3, 0.4) is 0 Å². The Morgan fingerprint density at radius 1 is 0.969 bits per heavy atom. The molecule has 32 heavy (non-hydrogen) atoms. The van der Waals surface area contributed by atoms with Gasteiger partial charge >= 0.3 is 0 Å². The molecule has 0 aliphatic rings. The summed E-state index contributed by atoms with van der Waals surface area (Å²) in [6.45, 7) is 1.07. The average molecular weight is 434 g/mol. The fourth-order valence-electron chi connectivity index (χ4n) is 3.20. The van der Waals surface area contributed by atoms with Crippen LogP contribution in [0.25, 0.3) is 5.65 Å². The van der Waals surface area contributed by atoms with Crippen molar-refractivity contribution in [2.75, 3.05) is 25.5 Å². The van der Waals surface area contributed by atoms with Gasteiger partial charge < -0.3 is 15.4 Å². The van der Waals surface area contributed by atoms with Crippen LogP contribution in [-0.4, -0.2) is 45.9 Å². The molecule has 2 N–H and O–H groups in total. The molecule has 0 saturated carbocycles. The molecule has 9 heteroatoms. The van der Waals surface area contributed by atoms with Crippen LogP contribution < -0.4 is 15.4 Å². The topological polar surface area (TPSA) is 93.4 Å². The van der Waals surface area contributed by atoms with Crippen LogP contribution in [0.1, 0.15) is 21.7 Å². The molecule has 8 nitrogen and oxygen atoms in total. The van der Waals surface area contributed by atoms with Gasteiger partial charge in [-0.1, -0.05) is 12.1 Å².